The highest BCUT2D eigenvalue weighted by molar-refractivity contribution is 7.89. The maximum Gasteiger partial charge on any atom is 0.274 e. The quantitative estimate of drug-likeness (QED) is 0.560. The van der Waals surface area contributed by atoms with Gasteiger partial charge in [-0.3, -0.25) is 14.9 Å². The Morgan fingerprint density at radius 1 is 1.14 bits per heavy atom. The molecule has 0 fully saturated rings. The fourth-order valence-corrected chi connectivity index (χ4v) is 4.35. The number of amides is 1. The molecule has 150 valence electrons. The minimum Gasteiger partial charge on any atom is -0.321 e. The smallest absolute Gasteiger partial charge is 0.274 e. The summed E-state index contributed by atoms with van der Waals surface area (Å²) in [6, 6.07) is 8.78. The number of anilines is 1. The molecule has 0 radical (unpaired) electrons. The van der Waals surface area contributed by atoms with Crippen molar-refractivity contribution in [3.63, 3.8) is 0 Å². The Hall–Kier alpha value is -2.78. The molecule has 2 aromatic carbocycles. The SMILES string of the molecule is CCN(CC)S(=O)(=O)c1ccc(C)c(C(=O)Nc2cccc([N+](=O)[O-])c2C)c1. The molecule has 0 heterocycles. The topological polar surface area (TPSA) is 110 Å². The number of rotatable bonds is 7. The number of carbonyl (C=O) groups is 1. The van der Waals surface area contributed by atoms with Crippen LogP contribution in [-0.4, -0.2) is 36.6 Å². The Morgan fingerprint density at radius 3 is 2.36 bits per heavy atom. The van der Waals surface area contributed by atoms with Gasteiger partial charge in [0.25, 0.3) is 11.6 Å². The Balaban J connectivity index is 2.42. The van der Waals surface area contributed by atoms with Crippen LogP contribution >= 0.6 is 0 Å². The molecule has 0 aliphatic carbocycles. The van der Waals surface area contributed by atoms with Crippen molar-refractivity contribution in [2.45, 2.75) is 32.6 Å². The second kappa shape index (κ2) is 8.49. The summed E-state index contributed by atoms with van der Waals surface area (Å²) in [5.41, 5.74) is 1.31. The number of nitrogens with zero attached hydrogens (tertiary/aromatic N) is 2. The minimum absolute atomic E-state index is 0.0303. The molecule has 2 rings (SSSR count). The maximum atomic E-state index is 12.8. The number of carbonyl (C=O) groups excluding carboxylic acids is 1. The minimum atomic E-state index is -3.71. The molecule has 0 spiro atoms. The molecule has 0 saturated heterocycles. The first-order valence-corrected chi connectivity index (χ1v) is 10.2. The van der Waals surface area contributed by atoms with E-state index >= 15 is 0 Å². The summed E-state index contributed by atoms with van der Waals surface area (Å²) in [5.74, 6) is -0.530. The van der Waals surface area contributed by atoms with Gasteiger partial charge in [0, 0.05) is 24.7 Å². The van der Waals surface area contributed by atoms with Gasteiger partial charge in [0.05, 0.1) is 21.1 Å². The highest BCUT2D eigenvalue weighted by Gasteiger charge is 2.24. The van der Waals surface area contributed by atoms with Crippen molar-refractivity contribution in [2.24, 2.45) is 0 Å². The van der Waals surface area contributed by atoms with E-state index in [-0.39, 0.29) is 16.1 Å². The Kier molecular flexibility index (Phi) is 6.52. The van der Waals surface area contributed by atoms with E-state index in [4.69, 9.17) is 0 Å². The normalized spacial score (nSPS) is 11.5. The zero-order valence-electron chi connectivity index (χ0n) is 16.2. The summed E-state index contributed by atoms with van der Waals surface area (Å²) in [6.45, 7) is 7.37. The predicted octanol–water partition coefficient (Wildman–Crippen LogP) is 3.49. The van der Waals surface area contributed by atoms with Crippen molar-refractivity contribution >= 4 is 27.3 Å². The molecule has 1 N–H and O–H groups in total. The lowest BCUT2D eigenvalue weighted by Gasteiger charge is -2.19. The van der Waals surface area contributed by atoms with Gasteiger partial charge in [-0.1, -0.05) is 26.0 Å². The van der Waals surface area contributed by atoms with E-state index in [0.29, 0.717) is 29.9 Å². The van der Waals surface area contributed by atoms with E-state index in [0.717, 1.165) is 0 Å². The molecule has 0 unspecified atom stereocenters. The first-order valence-electron chi connectivity index (χ1n) is 8.79. The summed E-state index contributed by atoms with van der Waals surface area (Å²) < 4.78 is 26.8. The van der Waals surface area contributed by atoms with Crippen molar-refractivity contribution in [2.75, 3.05) is 18.4 Å². The van der Waals surface area contributed by atoms with Gasteiger partial charge in [-0.2, -0.15) is 4.31 Å². The summed E-state index contributed by atoms with van der Waals surface area (Å²) in [6.07, 6.45) is 0. The van der Waals surface area contributed by atoms with E-state index in [1.807, 2.05) is 0 Å². The number of nitrogens with one attached hydrogen (secondary N) is 1. The van der Waals surface area contributed by atoms with Crippen LogP contribution in [0.25, 0.3) is 0 Å². The average Bonchev–Trinajstić information content (AvgIpc) is 2.64. The van der Waals surface area contributed by atoms with Crippen LogP contribution in [0.5, 0.6) is 0 Å². The summed E-state index contributed by atoms with van der Waals surface area (Å²) in [7, 11) is -3.71. The van der Waals surface area contributed by atoms with Gasteiger partial charge < -0.3 is 5.32 Å². The first kappa shape index (κ1) is 21.5. The number of hydrogen-bond donors (Lipinski definition) is 1. The molecule has 0 atom stereocenters. The van der Waals surface area contributed by atoms with Crippen molar-refractivity contribution in [1.29, 1.82) is 0 Å². The lowest BCUT2D eigenvalue weighted by atomic mass is 10.1. The predicted molar refractivity (Wildman–Crippen MR) is 107 cm³/mol. The van der Waals surface area contributed by atoms with Crippen LogP contribution in [0, 0.1) is 24.0 Å². The Bertz CT molecular complexity index is 1010. The van der Waals surface area contributed by atoms with Gasteiger partial charge in [0.15, 0.2) is 0 Å². The third-order valence-corrected chi connectivity index (χ3v) is 6.59. The Morgan fingerprint density at radius 2 is 1.79 bits per heavy atom. The van der Waals surface area contributed by atoms with Gasteiger partial charge >= 0.3 is 0 Å². The monoisotopic (exact) mass is 405 g/mol. The fraction of sp³-hybridized carbons (Fsp3) is 0.316. The number of hydrogen-bond acceptors (Lipinski definition) is 5. The summed E-state index contributed by atoms with van der Waals surface area (Å²) >= 11 is 0. The van der Waals surface area contributed by atoms with Gasteiger partial charge in [0.2, 0.25) is 10.0 Å². The lowest BCUT2D eigenvalue weighted by Crippen LogP contribution is -2.30. The van der Waals surface area contributed by atoms with Crippen LogP contribution in [0.2, 0.25) is 0 Å². The van der Waals surface area contributed by atoms with E-state index in [1.165, 1.54) is 28.6 Å². The molecular formula is C19H23N3O5S. The molecule has 28 heavy (non-hydrogen) atoms. The number of aryl methyl sites for hydroxylation is 1. The van der Waals surface area contributed by atoms with Crippen LogP contribution in [0.3, 0.4) is 0 Å². The Labute approximate surface area is 164 Å². The zero-order valence-corrected chi connectivity index (χ0v) is 17.0. The zero-order chi connectivity index (χ0) is 21.1. The number of nitro benzene ring substituents is 1. The largest absolute Gasteiger partial charge is 0.321 e. The van der Waals surface area contributed by atoms with Crippen molar-refractivity contribution < 1.29 is 18.1 Å². The second-order valence-corrected chi connectivity index (χ2v) is 8.16. The molecule has 8 nitrogen and oxygen atoms in total. The van der Waals surface area contributed by atoms with Crippen molar-refractivity contribution in [3.8, 4) is 0 Å². The number of nitro groups is 1. The van der Waals surface area contributed by atoms with Crippen molar-refractivity contribution in [1.82, 2.24) is 4.31 Å². The average molecular weight is 405 g/mol. The number of sulfonamides is 1. The molecular weight excluding hydrogens is 382 g/mol. The molecule has 0 bridgehead atoms. The van der Waals surface area contributed by atoms with Crippen molar-refractivity contribution in [3.05, 3.63) is 63.2 Å². The lowest BCUT2D eigenvalue weighted by molar-refractivity contribution is -0.385. The van der Waals surface area contributed by atoms with E-state index in [1.54, 1.807) is 39.8 Å². The highest BCUT2D eigenvalue weighted by Crippen LogP contribution is 2.26. The molecule has 2 aromatic rings. The number of benzene rings is 2. The molecule has 0 aliphatic heterocycles. The third kappa shape index (κ3) is 4.20. The van der Waals surface area contributed by atoms with E-state index < -0.39 is 20.9 Å². The van der Waals surface area contributed by atoms with Gasteiger partial charge in [-0.05, 0) is 37.6 Å². The van der Waals surface area contributed by atoms with Crippen LogP contribution in [-0.2, 0) is 10.0 Å². The van der Waals surface area contributed by atoms with E-state index in [9.17, 15) is 23.3 Å². The van der Waals surface area contributed by atoms with Gasteiger partial charge in [-0.15, -0.1) is 0 Å². The molecule has 0 aliphatic rings. The van der Waals surface area contributed by atoms with Crippen LogP contribution < -0.4 is 5.32 Å². The summed E-state index contributed by atoms with van der Waals surface area (Å²) in [4.78, 5) is 23.4. The summed E-state index contributed by atoms with van der Waals surface area (Å²) in [5, 5.41) is 13.7. The maximum absolute atomic E-state index is 12.8. The van der Waals surface area contributed by atoms with Crippen LogP contribution in [0.1, 0.15) is 35.3 Å². The second-order valence-electron chi connectivity index (χ2n) is 6.23. The molecule has 0 saturated carbocycles. The standard InChI is InChI=1S/C19H23N3O5S/c1-5-21(6-2)28(26,27)15-11-10-13(3)16(12-15)19(23)20-17-8-7-9-18(14(17)4)22(24)25/h7-12H,5-6H2,1-4H3,(H,20,23). The first-order chi connectivity index (χ1) is 13.1. The highest BCUT2D eigenvalue weighted by atomic mass is 32.2. The van der Waals surface area contributed by atoms with Gasteiger partial charge in [0.1, 0.15) is 0 Å². The molecule has 0 aromatic heterocycles. The van der Waals surface area contributed by atoms with E-state index in [2.05, 4.69) is 5.32 Å². The molecule has 9 heteroatoms. The van der Waals surface area contributed by atoms with Crippen LogP contribution in [0.15, 0.2) is 41.3 Å². The molecule has 1 amide bonds. The van der Waals surface area contributed by atoms with Crippen LogP contribution in [0.4, 0.5) is 11.4 Å². The fourth-order valence-electron chi connectivity index (χ4n) is 2.87. The third-order valence-electron chi connectivity index (χ3n) is 4.55. The van der Waals surface area contributed by atoms with Gasteiger partial charge in [-0.25, -0.2) is 8.42 Å².